The van der Waals surface area contributed by atoms with Crippen LogP contribution in [0.4, 0.5) is 0 Å². The van der Waals surface area contributed by atoms with Crippen LogP contribution in [0, 0.1) is 0 Å². The number of carbonyl (C=O) groups excluding carboxylic acids is 1. The van der Waals surface area contributed by atoms with Crippen molar-refractivity contribution in [3.8, 4) is 0 Å². The lowest BCUT2D eigenvalue weighted by Crippen LogP contribution is -2.19. The standard InChI is InChI=1S/C10H14N2O/c1-7(2)11-9-4-5-10(6-9)12-8(3)13/h4-5,11H,1,6H2,2-3H3,(H,12,13). The van der Waals surface area contributed by atoms with E-state index in [-0.39, 0.29) is 5.91 Å². The van der Waals surface area contributed by atoms with Crippen LogP contribution in [0.15, 0.2) is 35.8 Å². The molecule has 0 aromatic rings. The third-order valence-corrected chi connectivity index (χ3v) is 1.58. The molecule has 0 saturated heterocycles. The third kappa shape index (κ3) is 3.15. The predicted molar refractivity (Wildman–Crippen MR) is 52.5 cm³/mol. The second-order valence-electron chi connectivity index (χ2n) is 3.15. The van der Waals surface area contributed by atoms with Crippen molar-refractivity contribution in [3.63, 3.8) is 0 Å². The van der Waals surface area contributed by atoms with E-state index in [2.05, 4.69) is 17.2 Å². The number of allylic oxidation sites excluding steroid dienone is 3. The van der Waals surface area contributed by atoms with Crippen LogP contribution < -0.4 is 10.6 Å². The lowest BCUT2D eigenvalue weighted by atomic mass is 10.3. The van der Waals surface area contributed by atoms with Gasteiger partial charge in [0, 0.05) is 30.4 Å². The molecular weight excluding hydrogens is 164 g/mol. The average molecular weight is 178 g/mol. The Kier molecular flexibility index (Phi) is 2.90. The Bertz CT molecular complexity index is 270. The van der Waals surface area contributed by atoms with E-state index in [1.54, 1.807) is 0 Å². The Labute approximate surface area is 78.2 Å². The minimum Gasteiger partial charge on any atom is -0.363 e. The molecule has 1 aliphatic rings. The summed E-state index contributed by atoms with van der Waals surface area (Å²) < 4.78 is 0. The summed E-state index contributed by atoms with van der Waals surface area (Å²) in [6.07, 6.45) is 4.58. The zero-order valence-electron chi connectivity index (χ0n) is 7.98. The molecule has 0 saturated carbocycles. The Balaban J connectivity index is 2.40. The number of amides is 1. The number of hydrogen-bond donors (Lipinski definition) is 2. The Hall–Kier alpha value is -1.51. The van der Waals surface area contributed by atoms with Crippen molar-refractivity contribution in [2.75, 3.05) is 0 Å². The molecule has 0 unspecified atom stereocenters. The fourth-order valence-electron chi connectivity index (χ4n) is 1.20. The van der Waals surface area contributed by atoms with Gasteiger partial charge >= 0.3 is 0 Å². The van der Waals surface area contributed by atoms with Crippen LogP contribution in [0.5, 0.6) is 0 Å². The maximum Gasteiger partial charge on any atom is 0.221 e. The highest BCUT2D eigenvalue weighted by atomic mass is 16.1. The zero-order valence-corrected chi connectivity index (χ0v) is 7.98. The number of carbonyl (C=O) groups is 1. The summed E-state index contributed by atoms with van der Waals surface area (Å²) in [6, 6.07) is 0. The predicted octanol–water partition coefficient (Wildman–Crippen LogP) is 1.42. The molecule has 0 heterocycles. The number of nitrogens with one attached hydrogen (secondary N) is 2. The van der Waals surface area contributed by atoms with E-state index >= 15 is 0 Å². The first-order chi connectivity index (χ1) is 6.08. The van der Waals surface area contributed by atoms with E-state index in [0.29, 0.717) is 0 Å². The van der Waals surface area contributed by atoms with Crippen molar-refractivity contribution >= 4 is 5.91 Å². The van der Waals surface area contributed by atoms with Crippen LogP contribution in [0.1, 0.15) is 20.3 Å². The van der Waals surface area contributed by atoms with E-state index < -0.39 is 0 Å². The summed E-state index contributed by atoms with van der Waals surface area (Å²) in [4.78, 5) is 10.7. The van der Waals surface area contributed by atoms with Gasteiger partial charge in [0.2, 0.25) is 5.91 Å². The summed E-state index contributed by atoms with van der Waals surface area (Å²) in [7, 11) is 0. The normalized spacial score (nSPS) is 14.6. The minimum absolute atomic E-state index is 0.0313. The molecule has 3 nitrogen and oxygen atoms in total. The first-order valence-electron chi connectivity index (χ1n) is 4.18. The molecule has 0 bridgehead atoms. The molecule has 1 aliphatic carbocycles. The van der Waals surface area contributed by atoms with Gasteiger partial charge in [-0.05, 0) is 19.1 Å². The van der Waals surface area contributed by atoms with Gasteiger partial charge in [-0.15, -0.1) is 0 Å². The van der Waals surface area contributed by atoms with Crippen LogP contribution >= 0.6 is 0 Å². The van der Waals surface area contributed by atoms with E-state index in [0.717, 1.165) is 23.5 Å². The van der Waals surface area contributed by atoms with Gasteiger partial charge in [0.25, 0.3) is 0 Å². The SMILES string of the molecule is C=C(C)NC1=CC=C(NC(C)=O)C1. The van der Waals surface area contributed by atoms with Crippen molar-refractivity contribution < 1.29 is 4.79 Å². The quantitative estimate of drug-likeness (QED) is 0.686. The topological polar surface area (TPSA) is 41.1 Å². The van der Waals surface area contributed by atoms with Crippen LogP contribution in [0.3, 0.4) is 0 Å². The first-order valence-corrected chi connectivity index (χ1v) is 4.18. The van der Waals surface area contributed by atoms with Crippen molar-refractivity contribution in [2.45, 2.75) is 20.3 Å². The maximum atomic E-state index is 10.7. The molecule has 70 valence electrons. The van der Waals surface area contributed by atoms with Gasteiger partial charge in [-0.2, -0.15) is 0 Å². The fraction of sp³-hybridized carbons (Fsp3) is 0.300. The second kappa shape index (κ2) is 3.94. The largest absolute Gasteiger partial charge is 0.363 e. The molecule has 0 aliphatic heterocycles. The highest BCUT2D eigenvalue weighted by Crippen LogP contribution is 2.14. The summed E-state index contributed by atoms with van der Waals surface area (Å²) in [5.41, 5.74) is 2.90. The van der Waals surface area contributed by atoms with Crippen LogP contribution in [-0.4, -0.2) is 5.91 Å². The molecule has 0 atom stereocenters. The highest BCUT2D eigenvalue weighted by Gasteiger charge is 2.08. The number of rotatable bonds is 3. The van der Waals surface area contributed by atoms with E-state index in [9.17, 15) is 4.79 Å². The van der Waals surface area contributed by atoms with Crippen molar-refractivity contribution in [2.24, 2.45) is 0 Å². The van der Waals surface area contributed by atoms with Gasteiger partial charge in [-0.25, -0.2) is 0 Å². The molecule has 0 aromatic heterocycles. The molecule has 2 N–H and O–H groups in total. The molecule has 1 rings (SSSR count). The number of hydrogen-bond acceptors (Lipinski definition) is 2. The van der Waals surface area contributed by atoms with Crippen molar-refractivity contribution in [1.82, 2.24) is 10.6 Å². The fourth-order valence-corrected chi connectivity index (χ4v) is 1.20. The zero-order chi connectivity index (χ0) is 9.84. The molecule has 0 radical (unpaired) electrons. The summed E-state index contributed by atoms with van der Waals surface area (Å²) in [5, 5.41) is 5.85. The van der Waals surface area contributed by atoms with E-state index in [4.69, 9.17) is 0 Å². The maximum absolute atomic E-state index is 10.7. The van der Waals surface area contributed by atoms with Gasteiger partial charge in [-0.1, -0.05) is 6.58 Å². The summed E-state index contributed by atoms with van der Waals surface area (Å²) in [5.74, 6) is -0.0313. The molecule has 3 heteroatoms. The minimum atomic E-state index is -0.0313. The summed E-state index contributed by atoms with van der Waals surface area (Å²) >= 11 is 0. The van der Waals surface area contributed by atoms with Gasteiger partial charge < -0.3 is 10.6 Å². The average Bonchev–Trinajstić information content (AvgIpc) is 2.33. The van der Waals surface area contributed by atoms with Crippen LogP contribution in [0.25, 0.3) is 0 Å². The van der Waals surface area contributed by atoms with Crippen molar-refractivity contribution in [1.29, 1.82) is 0 Å². The Morgan fingerprint density at radius 2 is 1.85 bits per heavy atom. The van der Waals surface area contributed by atoms with Gasteiger partial charge in [0.15, 0.2) is 0 Å². The molecule has 13 heavy (non-hydrogen) atoms. The molecule has 0 spiro atoms. The highest BCUT2D eigenvalue weighted by molar-refractivity contribution is 5.75. The Morgan fingerprint density at radius 3 is 2.31 bits per heavy atom. The van der Waals surface area contributed by atoms with Crippen molar-refractivity contribution in [3.05, 3.63) is 35.8 Å². The van der Waals surface area contributed by atoms with Gasteiger partial charge in [0.05, 0.1) is 0 Å². The lowest BCUT2D eigenvalue weighted by molar-refractivity contribution is -0.118. The molecule has 0 aromatic carbocycles. The monoisotopic (exact) mass is 178 g/mol. The second-order valence-corrected chi connectivity index (χ2v) is 3.15. The first kappa shape index (κ1) is 9.58. The van der Waals surface area contributed by atoms with Crippen LogP contribution in [0.2, 0.25) is 0 Å². The summed E-state index contributed by atoms with van der Waals surface area (Å²) in [6.45, 7) is 7.15. The Morgan fingerprint density at radius 1 is 1.31 bits per heavy atom. The smallest absolute Gasteiger partial charge is 0.221 e. The lowest BCUT2D eigenvalue weighted by Gasteiger charge is -2.07. The van der Waals surface area contributed by atoms with E-state index in [1.165, 1.54) is 6.92 Å². The van der Waals surface area contributed by atoms with Gasteiger partial charge in [0.1, 0.15) is 0 Å². The molecule has 0 fully saturated rings. The van der Waals surface area contributed by atoms with Gasteiger partial charge in [-0.3, -0.25) is 4.79 Å². The van der Waals surface area contributed by atoms with Crippen LogP contribution in [-0.2, 0) is 4.79 Å². The third-order valence-electron chi connectivity index (χ3n) is 1.58. The van der Waals surface area contributed by atoms with E-state index in [1.807, 2.05) is 19.1 Å². The molecular formula is C10H14N2O. The molecule has 1 amide bonds.